The van der Waals surface area contributed by atoms with Crippen LogP contribution in [0, 0.1) is 17.1 Å². The summed E-state index contributed by atoms with van der Waals surface area (Å²) >= 11 is 0. The van der Waals surface area contributed by atoms with E-state index in [1.54, 1.807) is 39.0 Å². The highest BCUT2D eigenvalue weighted by molar-refractivity contribution is 6.07. The molecule has 0 aliphatic carbocycles. The number of pyridine rings is 1. The van der Waals surface area contributed by atoms with Crippen molar-refractivity contribution >= 4 is 58.2 Å². The van der Waals surface area contributed by atoms with E-state index >= 15 is 0 Å². The number of halogens is 4. The number of fused-ring (bicyclic) bond motifs is 1. The Morgan fingerprint density at radius 3 is 2.11 bits per heavy atom. The topological polar surface area (TPSA) is 295 Å². The number of benzene rings is 2. The first-order valence-corrected chi connectivity index (χ1v) is 26.3. The van der Waals surface area contributed by atoms with Gasteiger partial charge in [0.1, 0.15) is 35.3 Å². The van der Waals surface area contributed by atoms with Crippen LogP contribution in [0.4, 0.5) is 17.6 Å². The van der Waals surface area contributed by atoms with E-state index in [0.717, 1.165) is 12.5 Å². The Kier molecular flexibility index (Phi) is 27.0. The molecule has 0 unspecified atom stereocenters. The summed E-state index contributed by atoms with van der Waals surface area (Å²) in [5, 5.41) is 25.6. The first kappa shape index (κ1) is 65.0. The van der Waals surface area contributed by atoms with Gasteiger partial charge in [-0.1, -0.05) is 0 Å². The fourth-order valence-electron chi connectivity index (χ4n) is 7.97. The van der Waals surface area contributed by atoms with E-state index < -0.39 is 82.4 Å². The molecule has 1 aliphatic heterocycles. The first-order valence-electron chi connectivity index (χ1n) is 26.3. The lowest BCUT2D eigenvalue weighted by Gasteiger charge is -2.26. The van der Waals surface area contributed by atoms with Crippen molar-refractivity contribution in [3.05, 3.63) is 71.2 Å². The van der Waals surface area contributed by atoms with E-state index in [2.05, 4.69) is 43.0 Å². The van der Waals surface area contributed by atoms with Crippen molar-refractivity contribution in [2.45, 2.75) is 115 Å². The predicted octanol–water partition coefficient (Wildman–Crippen LogP) is 3.79. The van der Waals surface area contributed by atoms with Gasteiger partial charge >= 0.3 is 12.1 Å². The second-order valence-corrected chi connectivity index (χ2v) is 19.5. The van der Waals surface area contributed by atoms with Gasteiger partial charge in [0.2, 0.25) is 23.6 Å². The van der Waals surface area contributed by atoms with Crippen LogP contribution in [0.25, 0.3) is 10.9 Å². The maximum absolute atomic E-state index is 13.8. The summed E-state index contributed by atoms with van der Waals surface area (Å²) in [6.45, 7) is 7.59. The molecule has 1 fully saturated rings. The molecular weight excluding hydrogens is 1060 g/mol. The van der Waals surface area contributed by atoms with Crippen molar-refractivity contribution < 1.29 is 79.6 Å². The Balaban J connectivity index is 1.14. The van der Waals surface area contributed by atoms with Crippen molar-refractivity contribution in [2.24, 2.45) is 0 Å². The van der Waals surface area contributed by atoms with E-state index in [-0.39, 0.29) is 110 Å². The average Bonchev–Trinajstić information content (AvgIpc) is 3.95. The molecule has 1 aromatic heterocycles. The number of hydrogen-bond acceptors (Lipinski definition) is 15. The second kappa shape index (κ2) is 33.2. The number of nitrogens with zero attached hydrogens (tertiary/aromatic N) is 3. The predicted molar refractivity (Wildman–Crippen MR) is 280 cm³/mol. The Hall–Kier alpha value is -7.50. The summed E-state index contributed by atoms with van der Waals surface area (Å²) in [4.78, 5) is 108. The monoisotopic (exact) mass is 1130 g/mol. The normalized spacial score (nSPS) is 14.0. The lowest BCUT2D eigenvalue weighted by Crippen LogP contribution is -2.52. The van der Waals surface area contributed by atoms with E-state index in [0.29, 0.717) is 66.7 Å². The molecule has 0 bridgehead atoms. The van der Waals surface area contributed by atoms with Crippen LogP contribution in [0.2, 0.25) is 0 Å². The lowest BCUT2D eigenvalue weighted by atomic mass is 10.1. The first-order chi connectivity index (χ1) is 38.1. The maximum Gasteiger partial charge on any atom is 0.419 e. The SMILES string of the molecule is CC(=O)NCCCC[C@H](NC(=O)[C@H](CCCCNC(=O)c1ccc(F)c(C(F)(F)F)c1)NC(=O)CCOCCOCCOCCNC(=O)COc1ccc2c(C(=O)NCC(=O)N3CCC[C@H]3C#N)ccnc2c1)C(=O)OC(C)(C)C. The van der Waals surface area contributed by atoms with Crippen molar-refractivity contribution in [1.29, 1.82) is 5.26 Å². The van der Waals surface area contributed by atoms with Crippen molar-refractivity contribution in [2.75, 3.05) is 79.0 Å². The number of likely N-dealkylation sites (tertiary alicyclic amines) is 1. The maximum atomic E-state index is 13.8. The minimum atomic E-state index is -5.01. The number of nitriles is 1. The molecule has 1 aliphatic rings. The number of carbonyl (C=O) groups excluding carboxylic acids is 8. The third-order valence-corrected chi connectivity index (χ3v) is 11.9. The van der Waals surface area contributed by atoms with Crippen LogP contribution >= 0.6 is 0 Å². The fourth-order valence-corrected chi connectivity index (χ4v) is 7.97. The summed E-state index contributed by atoms with van der Waals surface area (Å²) in [5.74, 6) is -5.46. The van der Waals surface area contributed by atoms with Crippen LogP contribution in [0.1, 0.15) is 112 Å². The highest BCUT2D eigenvalue weighted by Gasteiger charge is 2.35. The zero-order valence-electron chi connectivity index (χ0n) is 45.4. The average molecular weight is 1130 g/mol. The third kappa shape index (κ3) is 23.5. The standard InChI is InChI=1S/C54H71F4N9O13/c1-35(68)60-19-7-6-12-44(52(75)80-53(2,3)4)66-51(74)43(11-5-8-20-63-49(72)36-13-16-42(55)41(30-36)54(56,57)58)65-46(69)18-24-76-26-28-78-29-27-77-25-22-62-47(70)34-79-38-14-15-39-40(17-21-61-45(39)31-38)50(73)64-33-48(71)67-23-9-10-37(67)32-59/h13-17,21,30-31,37,43-44H,5-12,18-20,22-29,33-34H2,1-4H3,(H,60,68)(H,62,70)(H,63,72)(H,64,73)(H,65,69)(H,66,74)/t37-,43-,44-/m0/s1. The van der Waals surface area contributed by atoms with Crippen LogP contribution in [-0.2, 0) is 53.9 Å². The van der Waals surface area contributed by atoms with Crippen LogP contribution in [-0.4, -0.2) is 160 Å². The number of nitrogens with one attached hydrogen (secondary N) is 6. The van der Waals surface area contributed by atoms with Gasteiger partial charge in [0.05, 0.1) is 68.9 Å². The molecule has 2 aromatic carbocycles. The number of unbranched alkanes of at least 4 members (excludes halogenated alkanes) is 2. The Bertz CT molecular complexity index is 2630. The van der Waals surface area contributed by atoms with Gasteiger partial charge in [-0.25, -0.2) is 9.18 Å². The summed E-state index contributed by atoms with van der Waals surface area (Å²) in [5.41, 5.74) is -2.15. The number of carbonyl (C=O) groups is 8. The third-order valence-electron chi connectivity index (χ3n) is 11.9. The van der Waals surface area contributed by atoms with Gasteiger partial charge in [-0.3, -0.25) is 38.5 Å². The molecule has 0 spiro atoms. The number of hydrogen-bond donors (Lipinski definition) is 6. The van der Waals surface area contributed by atoms with E-state index in [1.807, 2.05) is 0 Å². The molecule has 0 radical (unpaired) electrons. The largest absolute Gasteiger partial charge is 0.484 e. The van der Waals surface area contributed by atoms with Crippen molar-refractivity contribution in [1.82, 2.24) is 41.8 Å². The van der Waals surface area contributed by atoms with Crippen LogP contribution < -0.4 is 36.6 Å². The van der Waals surface area contributed by atoms with E-state index in [9.17, 15) is 61.2 Å². The smallest absolute Gasteiger partial charge is 0.419 e. The summed E-state index contributed by atoms with van der Waals surface area (Å²) in [6, 6.07) is 7.56. The van der Waals surface area contributed by atoms with Crippen molar-refractivity contribution in [3.8, 4) is 11.8 Å². The van der Waals surface area contributed by atoms with Crippen LogP contribution in [0.15, 0.2) is 48.7 Å². The number of aromatic nitrogens is 1. The molecule has 2 heterocycles. The van der Waals surface area contributed by atoms with Gasteiger partial charge in [0.15, 0.2) is 6.61 Å². The molecule has 0 saturated carbocycles. The Morgan fingerprint density at radius 1 is 0.762 bits per heavy atom. The van der Waals surface area contributed by atoms with Gasteiger partial charge < -0.3 is 60.5 Å². The lowest BCUT2D eigenvalue weighted by molar-refractivity contribution is -0.159. The molecule has 1 saturated heterocycles. The highest BCUT2D eigenvalue weighted by Crippen LogP contribution is 2.32. The van der Waals surface area contributed by atoms with E-state index in [1.165, 1.54) is 24.1 Å². The fraction of sp³-hybridized carbons (Fsp3) is 0.556. The molecule has 80 heavy (non-hydrogen) atoms. The molecule has 22 nitrogen and oxygen atoms in total. The number of esters is 1. The highest BCUT2D eigenvalue weighted by atomic mass is 19.4. The molecule has 4 rings (SSSR count). The number of ether oxygens (including phenoxy) is 5. The zero-order valence-corrected chi connectivity index (χ0v) is 45.4. The Labute approximate surface area is 461 Å². The second-order valence-electron chi connectivity index (χ2n) is 19.5. The molecule has 3 aromatic rings. The van der Waals surface area contributed by atoms with Gasteiger partial charge in [-0.2, -0.15) is 18.4 Å². The summed E-state index contributed by atoms with van der Waals surface area (Å²) < 4.78 is 81.1. The van der Waals surface area contributed by atoms with Gasteiger partial charge in [0.25, 0.3) is 17.7 Å². The summed E-state index contributed by atoms with van der Waals surface area (Å²) in [7, 11) is 0. The summed E-state index contributed by atoms with van der Waals surface area (Å²) in [6.07, 6.45) is -0.835. The van der Waals surface area contributed by atoms with Crippen LogP contribution in [0.3, 0.4) is 0 Å². The van der Waals surface area contributed by atoms with Gasteiger partial charge in [0, 0.05) is 62.7 Å². The molecule has 26 heteroatoms. The number of amides is 7. The molecule has 7 amide bonds. The number of alkyl halides is 3. The van der Waals surface area contributed by atoms with Crippen molar-refractivity contribution in [3.63, 3.8) is 0 Å². The van der Waals surface area contributed by atoms with E-state index in [4.69, 9.17) is 23.7 Å². The number of rotatable bonds is 33. The Morgan fingerprint density at radius 2 is 1.44 bits per heavy atom. The zero-order chi connectivity index (χ0) is 58.7. The van der Waals surface area contributed by atoms with Gasteiger partial charge in [-0.05, 0) is 109 Å². The minimum Gasteiger partial charge on any atom is -0.484 e. The minimum absolute atomic E-state index is 0.0272. The molecule has 3 atom stereocenters. The molecule has 438 valence electrons. The molecular formula is C54H71F4N9O13. The van der Waals surface area contributed by atoms with Gasteiger partial charge in [-0.15, -0.1) is 0 Å². The molecule has 6 N–H and O–H groups in total. The quantitative estimate of drug-likeness (QED) is 0.0287. The van der Waals surface area contributed by atoms with Crippen LogP contribution in [0.5, 0.6) is 5.75 Å².